The van der Waals surface area contributed by atoms with E-state index in [1.807, 2.05) is 18.2 Å². The molecule has 8 unspecified atom stereocenters. The number of rotatable bonds is 58. The van der Waals surface area contributed by atoms with E-state index in [9.17, 15) is 35.1 Å². The predicted molar refractivity (Wildman–Crippen MR) is 343 cm³/mol. The summed E-state index contributed by atoms with van der Waals surface area (Å²) in [5.74, 6) is -1.25. The van der Waals surface area contributed by atoms with Gasteiger partial charge in [-0.2, -0.15) is 0 Å². The molecule has 0 aromatic carbocycles. The topological polar surface area (TPSA) is 175 Å². The summed E-state index contributed by atoms with van der Waals surface area (Å²) >= 11 is 0. The highest BCUT2D eigenvalue weighted by atomic mass is 16.7. The van der Waals surface area contributed by atoms with Crippen LogP contribution in [0.3, 0.4) is 0 Å². The second-order valence-corrected chi connectivity index (χ2v) is 23.6. The average Bonchev–Trinajstić information content (AvgIpc) is 3.68. The first-order valence-electron chi connectivity index (χ1n) is 34.2. The van der Waals surface area contributed by atoms with Crippen LogP contribution in [0.5, 0.6) is 0 Å². The van der Waals surface area contributed by atoms with Gasteiger partial charge >= 0.3 is 5.97 Å². The lowest BCUT2D eigenvalue weighted by atomic mass is 9.99. The maximum atomic E-state index is 13.4. The third-order valence-electron chi connectivity index (χ3n) is 15.8. The molecule has 1 rings (SSSR count). The van der Waals surface area contributed by atoms with Gasteiger partial charge in [-0.1, -0.05) is 280 Å². The van der Waals surface area contributed by atoms with Gasteiger partial charge in [-0.15, -0.1) is 0 Å². The third kappa shape index (κ3) is 45.5. The largest absolute Gasteiger partial charge is 0.454 e. The first kappa shape index (κ1) is 77.1. The lowest BCUT2D eigenvalue weighted by Gasteiger charge is -2.41. The molecule has 1 saturated heterocycles. The number of hydrogen-bond donors (Lipinski definition) is 6. The molecule has 1 amide bonds. The lowest BCUT2D eigenvalue weighted by molar-refractivity contribution is -0.305. The Labute approximate surface area is 502 Å². The molecule has 11 heteroatoms. The van der Waals surface area contributed by atoms with Crippen LogP contribution in [0.1, 0.15) is 303 Å². The Morgan fingerprint density at radius 1 is 0.476 bits per heavy atom. The normalized spacial score (nSPS) is 19.0. The summed E-state index contributed by atoms with van der Waals surface area (Å²) in [5, 5.41) is 57.0. The highest BCUT2D eigenvalue weighted by Gasteiger charge is 2.47. The van der Waals surface area contributed by atoms with Crippen molar-refractivity contribution in [1.29, 1.82) is 0 Å². The minimum Gasteiger partial charge on any atom is -0.454 e. The van der Waals surface area contributed by atoms with Gasteiger partial charge in [-0.05, 0) is 89.9 Å². The Balaban J connectivity index is 2.60. The second kappa shape index (κ2) is 58.5. The molecule has 0 aliphatic carbocycles. The van der Waals surface area contributed by atoms with Crippen LogP contribution in [-0.2, 0) is 23.8 Å². The van der Waals surface area contributed by atoms with Gasteiger partial charge in [0.2, 0.25) is 5.91 Å². The summed E-state index contributed by atoms with van der Waals surface area (Å²) in [4.78, 5) is 26.6. The molecule has 0 bridgehead atoms. The number of amides is 1. The molecule has 1 aliphatic rings. The van der Waals surface area contributed by atoms with Crippen LogP contribution < -0.4 is 5.32 Å². The van der Waals surface area contributed by atoms with Gasteiger partial charge in [0.15, 0.2) is 12.4 Å². The van der Waals surface area contributed by atoms with Crippen molar-refractivity contribution in [3.8, 4) is 0 Å². The average molecular weight is 1150 g/mol. The predicted octanol–water partition coefficient (Wildman–Crippen LogP) is 17.1. The fraction of sp³-hybridized carbons (Fsp3) is 0.803. The van der Waals surface area contributed by atoms with Crippen LogP contribution in [0.25, 0.3) is 0 Å². The highest BCUT2D eigenvalue weighted by molar-refractivity contribution is 5.80. The molecule has 1 fully saturated rings. The zero-order valence-electron chi connectivity index (χ0n) is 52.9. The van der Waals surface area contributed by atoms with Crippen molar-refractivity contribution in [2.75, 3.05) is 13.2 Å². The molecular weight excluding hydrogens is 1030 g/mol. The molecule has 8 atom stereocenters. The number of allylic oxidation sites excluding steroid dienone is 11. The maximum Gasteiger partial charge on any atom is 0.306 e. The number of carbonyl (C=O) groups excluding carboxylic acids is 2. The molecule has 6 N–H and O–H groups in total. The van der Waals surface area contributed by atoms with Gasteiger partial charge in [0, 0.05) is 6.42 Å². The van der Waals surface area contributed by atoms with E-state index in [1.165, 1.54) is 186 Å². The summed E-state index contributed by atoms with van der Waals surface area (Å²) < 4.78 is 17.6. The van der Waals surface area contributed by atoms with Crippen molar-refractivity contribution < 1.29 is 49.3 Å². The van der Waals surface area contributed by atoms with Gasteiger partial charge in [0.05, 0.1) is 25.4 Å². The molecule has 11 nitrogen and oxygen atoms in total. The van der Waals surface area contributed by atoms with Crippen LogP contribution in [0.15, 0.2) is 72.9 Å². The number of esters is 1. The van der Waals surface area contributed by atoms with Gasteiger partial charge in [-0.25, -0.2) is 0 Å². The van der Waals surface area contributed by atoms with Gasteiger partial charge in [0.1, 0.15) is 24.4 Å². The molecule has 1 aliphatic heterocycles. The standard InChI is InChI=1S/C71H127NO10/c1-4-7-10-13-16-19-22-25-27-29-30-31-32-33-34-35-36-37-39-41-44-47-50-53-56-59-66(76)82-69-68(78)67(77)65(60-73)81-71(69)80-61-62(63(74)57-54-51-48-45-42-24-21-18-15-12-9-6-3)72-70(79)64(75)58-55-52-49-46-43-40-38-28-26-23-20-17-14-11-8-5-2/h17,20,25-28,40,43,49,52,54,57,62-65,67-69,71,73-75,77-78H,4-16,18-19,21-24,29-39,41-42,44-48,50-51,53,55-56,58-61H2,1-3H3,(H,72,79)/b20-17-,27-25+,28-26-,43-40-,52-49-,57-54+. The SMILES string of the molecule is CCCCC/C=C\C/C=C\C/C=C\C/C=C\CCC(O)C(=O)NC(COC1OC(CO)C(O)C(O)C1OC(=O)CCCCCCCCCCCCCCCCC/C=C/CCCCCCCC)C(O)/C=C/CCCCCCCCCCCC. The number of unbranched alkanes of at least 4 members (excludes halogenated alkanes) is 34. The quantitative estimate of drug-likeness (QED) is 0.0195. The number of aliphatic hydroxyl groups is 5. The van der Waals surface area contributed by atoms with E-state index in [0.717, 1.165) is 70.6 Å². The third-order valence-corrected chi connectivity index (χ3v) is 15.8. The van der Waals surface area contributed by atoms with E-state index in [2.05, 4.69) is 74.7 Å². The molecule has 0 spiro atoms. The first-order valence-corrected chi connectivity index (χ1v) is 34.2. The van der Waals surface area contributed by atoms with Crippen LogP contribution in [0.4, 0.5) is 0 Å². The first-order chi connectivity index (χ1) is 40.2. The molecule has 0 aromatic rings. The van der Waals surface area contributed by atoms with Crippen LogP contribution >= 0.6 is 0 Å². The van der Waals surface area contributed by atoms with E-state index >= 15 is 0 Å². The summed E-state index contributed by atoms with van der Waals surface area (Å²) in [6, 6.07) is -1.05. The van der Waals surface area contributed by atoms with Gasteiger partial charge in [-0.3, -0.25) is 9.59 Å². The molecule has 82 heavy (non-hydrogen) atoms. The molecule has 1 heterocycles. The zero-order valence-corrected chi connectivity index (χ0v) is 52.9. The molecule has 476 valence electrons. The Hall–Kier alpha value is -2.90. The number of hydrogen-bond acceptors (Lipinski definition) is 10. The molecule has 0 aromatic heterocycles. The number of carbonyl (C=O) groups is 2. The van der Waals surface area contributed by atoms with E-state index in [-0.39, 0.29) is 19.4 Å². The Morgan fingerprint density at radius 2 is 0.841 bits per heavy atom. The minimum absolute atomic E-state index is 0.117. The Morgan fingerprint density at radius 3 is 1.29 bits per heavy atom. The lowest BCUT2D eigenvalue weighted by Crippen LogP contribution is -2.61. The van der Waals surface area contributed by atoms with Crippen molar-refractivity contribution in [3.05, 3.63) is 72.9 Å². The smallest absolute Gasteiger partial charge is 0.306 e. The van der Waals surface area contributed by atoms with Crippen molar-refractivity contribution >= 4 is 11.9 Å². The number of aliphatic hydroxyl groups excluding tert-OH is 5. The van der Waals surface area contributed by atoms with Crippen LogP contribution in [-0.4, -0.2) is 99.6 Å². The van der Waals surface area contributed by atoms with Crippen molar-refractivity contribution in [2.45, 2.75) is 352 Å². The highest BCUT2D eigenvalue weighted by Crippen LogP contribution is 2.26. The summed E-state index contributed by atoms with van der Waals surface area (Å²) in [6.45, 7) is 5.74. The van der Waals surface area contributed by atoms with E-state index in [0.29, 0.717) is 12.8 Å². The summed E-state index contributed by atoms with van der Waals surface area (Å²) in [7, 11) is 0. The van der Waals surface area contributed by atoms with Crippen molar-refractivity contribution in [2.24, 2.45) is 0 Å². The van der Waals surface area contributed by atoms with Gasteiger partial charge in [0.25, 0.3) is 0 Å². The van der Waals surface area contributed by atoms with Crippen LogP contribution in [0.2, 0.25) is 0 Å². The molecular formula is C71H127NO10. The molecule has 0 radical (unpaired) electrons. The minimum atomic E-state index is -1.62. The number of ether oxygens (including phenoxy) is 3. The van der Waals surface area contributed by atoms with Crippen molar-refractivity contribution in [3.63, 3.8) is 0 Å². The van der Waals surface area contributed by atoms with Crippen molar-refractivity contribution in [1.82, 2.24) is 5.32 Å². The molecule has 0 saturated carbocycles. The fourth-order valence-corrected chi connectivity index (χ4v) is 10.4. The second-order valence-electron chi connectivity index (χ2n) is 23.6. The van der Waals surface area contributed by atoms with E-state index < -0.39 is 67.4 Å². The summed E-state index contributed by atoms with van der Waals surface area (Å²) in [6.07, 6.45) is 65.3. The van der Waals surface area contributed by atoms with Crippen LogP contribution in [0, 0.1) is 0 Å². The Kier molecular flexibility index (Phi) is 55.0. The fourth-order valence-electron chi connectivity index (χ4n) is 10.4. The maximum absolute atomic E-state index is 13.4. The number of nitrogens with one attached hydrogen (secondary N) is 1. The van der Waals surface area contributed by atoms with Gasteiger partial charge < -0.3 is 45.1 Å². The zero-order chi connectivity index (χ0) is 59.6. The monoisotopic (exact) mass is 1150 g/mol. The van der Waals surface area contributed by atoms with E-state index in [4.69, 9.17) is 14.2 Å². The van der Waals surface area contributed by atoms with E-state index in [1.54, 1.807) is 6.08 Å². The summed E-state index contributed by atoms with van der Waals surface area (Å²) in [5.41, 5.74) is 0. The Bertz CT molecular complexity index is 1610.